The van der Waals surface area contributed by atoms with Gasteiger partial charge in [-0.25, -0.2) is 14.6 Å². The molecule has 0 amide bonds. The van der Waals surface area contributed by atoms with Gasteiger partial charge in [-0.1, -0.05) is 24.3 Å². The lowest BCUT2D eigenvalue weighted by molar-refractivity contribution is -0.385. The largest absolute Gasteiger partial charge is 0.421 e. The van der Waals surface area contributed by atoms with Crippen LogP contribution in [-0.4, -0.2) is 22.8 Å². The lowest BCUT2D eigenvalue weighted by Gasteiger charge is -2.10. The van der Waals surface area contributed by atoms with Gasteiger partial charge >= 0.3 is 11.9 Å². The molecule has 1 aliphatic rings. The van der Waals surface area contributed by atoms with Crippen LogP contribution in [-0.2, 0) is 9.53 Å². The van der Waals surface area contributed by atoms with E-state index in [0.29, 0.717) is 35.1 Å². The first-order chi connectivity index (χ1) is 16.2. The fourth-order valence-corrected chi connectivity index (χ4v) is 5.26. The molecule has 0 unspecified atom stereocenters. The number of carbonyl (C=O) groups excluding carboxylic acids is 2. The molecule has 0 aliphatic carbocycles. The first-order valence-corrected chi connectivity index (χ1v) is 11.9. The number of hydrogen-bond donors (Lipinski definition) is 0. The van der Waals surface area contributed by atoms with E-state index < -0.39 is 16.9 Å². The van der Waals surface area contributed by atoms with Crippen LogP contribution in [0.2, 0.25) is 0 Å². The first-order valence-electron chi connectivity index (χ1n) is 9.78. The summed E-state index contributed by atoms with van der Waals surface area (Å²) in [5, 5.41) is 11.2. The Balaban J connectivity index is 1.63. The highest BCUT2D eigenvalue weighted by Gasteiger charge is 2.27. The number of nitrogens with zero attached hydrogens (tertiary/aromatic N) is 2. The maximum atomic E-state index is 12.4. The van der Waals surface area contributed by atoms with Gasteiger partial charge in [-0.2, -0.15) is 0 Å². The fraction of sp³-hybridized carbons (Fsp3) is 0.0417. The molecule has 4 rings (SSSR count). The number of carbonyl (C=O) groups is 2. The molecule has 0 fully saturated rings. The van der Waals surface area contributed by atoms with Crippen molar-refractivity contribution in [3.8, 4) is 5.75 Å². The summed E-state index contributed by atoms with van der Waals surface area (Å²) in [6.45, 7) is 1.58. The Bertz CT molecular complexity index is 1380. The molecule has 0 radical (unpaired) electrons. The lowest BCUT2D eigenvalue weighted by Crippen LogP contribution is -2.10. The number of esters is 2. The number of halogens is 2. The lowest BCUT2D eigenvalue weighted by atomic mass is 10.1. The van der Waals surface area contributed by atoms with E-state index in [0.717, 1.165) is 0 Å². The summed E-state index contributed by atoms with van der Waals surface area (Å²) in [7, 11) is 0. The van der Waals surface area contributed by atoms with Gasteiger partial charge in [0.25, 0.3) is 5.69 Å². The third kappa shape index (κ3) is 5.01. The zero-order valence-electron chi connectivity index (χ0n) is 17.5. The number of rotatable bonds is 5. The van der Waals surface area contributed by atoms with Crippen molar-refractivity contribution in [1.29, 1.82) is 0 Å². The summed E-state index contributed by atoms with van der Waals surface area (Å²) < 4.78 is 12.2. The number of aliphatic imine (C=N–C) groups is 1. The summed E-state index contributed by atoms with van der Waals surface area (Å²) in [5.41, 5.74) is 1.79. The zero-order valence-corrected chi connectivity index (χ0v) is 21.8. The molecule has 0 atom stereocenters. The van der Waals surface area contributed by atoms with Crippen molar-refractivity contribution < 1.29 is 24.0 Å². The van der Waals surface area contributed by atoms with Gasteiger partial charge in [0.15, 0.2) is 11.4 Å². The Morgan fingerprint density at radius 1 is 1.09 bits per heavy atom. The van der Waals surface area contributed by atoms with Gasteiger partial charge in [0.05, 0.1) is 17.6 Å². The highest BCUT2D eigenvalue weighted by molar-refractivity contribution is 14.1. The monoisotopic (exact) mass is 680 g/mol. The van der Waals surface area contributed by atoms with Gasteiger partial charge in [0.1, 0.15) is 0 Å². The van der Waals surface area contributed by atoms with Gasteiger partial charge in [-0.3, -0.25) is 10.1 Å². The second-order valence-electron chi connectivity index (χ2n) is 7.11. The Hall–Kier alpha value is -3.13. The zero-order chi connectivity index (χ0) is 24.4. The molecule has 0 N–H and O–H groups in total. The number of nitro benzene ring substituents is 1. The molecular weight excluding hydrogens is 666 g/mol. The molecule has 8 nitrogen and oxygen atoms in total. The van der Waals surface area contributed by atoms with E-state index in [1.54, 1.807) is 55.5 Å². The SMILES string of the molecule is Cc1c(C2=N/C(=C\c3cc(I)c(OC(=O)c4ccccc4)c(I)c3)C(=O)O2)cccc1[N+](=O)[O-]. The minimum absolute atomic E-state index is 0.00950. The van der Waals surface area contributed by atoms with Crippen LogP contribution >= 0.6 is 45.2 Å². The van der Waals surface area contributed by atoms with Gasteiger partial charge in [-0.05, 0) is 94.1 Å². The van der Waals surface area contributed by atoms with E-state index in [-0.39, 0.29) is 17.3 Å². The number of benzene rings is 3. The molecule has 3 aromatic rings. The molecule has 0 spiro atoms. The Labute approximate surface area is 221 Å². The molecular formula is C24H14I2N2O6. The summed E-state index contributed by atoms with van der Waals surface area (Å²) in [4.78, 5) is 39.8. The molecule has 10 heteroatoms. The standard InChI is InChI=1S/C24H14I2N2O6/c1-13-16(8-5-9-20(13)28(31)32)22-27-19(24(30)34-22)12-14-10-17(25)21(18(26)11-14)33-23(29)15-6-3-2-4-7-15/h2-12H,1H3/b19-12-. The predicted molar refractivity (Wildman–Crippen MR) is 142 cm³/mol. The summed E-state index contributed by atoms with van der Waals surface area (Å²) in [6.07, 6.45) is 1.55. The normalized spacial score (nSPS) is 14.0. The van der Waals surface area contributed by atoms with Crippen LogP contribution < -0.4 is 4.74 Å². The third-order valence-electron chi connectivity index (χ3n) is 4.88. The molecule has 0 aromatic heterocycles. The number of nitro groups is 1. The summed E-state index contributed by atoms with van der Waals surface area (Å²) in [5.74, 6) is -0.702. The molecule has 170 valence electrons. The second-order valence-corrected chi connectivity index (χ2v) is 9.44. The molecule has 1 heterocycles. The second kappa shape index (κ2) is 10.0. The van der Waals surface area contributed by atoms with E-state index >= 15 is 0 Å². The fourth-order valence-electron chi connectivity index (χ4n) is 3.22. The van der Waals surface area contributed by atoms with Crippen molar-refractivity contribution >= 4 is 74.8 Å². The van der Waals surface area contributed by atoms with Gasteiger partial charge < -0.3 is 9.47 Å². The van der Waals surface area contributed by atoms with Crippen molar-refractivity contribution in [3.05, 3.63) is 106 Å². The van der Waals surface area contributed by atoms with Crippen LogP contribution in [0.4, 0.5) is 5.69 Å². The van der Waals surface area contributed by atoms with Crippen molar-refractivity contribution in [3.63, 3.8) is 0 Å². The molecule has 0 saturated carbocycles. The molecule has 0 bridgehead atoms. The topological polar surface area (TPSA) is 108 Å². The Morgan fingerprint density at radius 2 is 1.76 bits per heavy atom. The van der Waals surface area contributed by atoms with Crippen LogP contribution in [0.25, 0.3) is 6.08 Å². The van der Waals surface area contributed by atoms with Gasteiger partial charge in [0.2, 0.25) is 5.90 Å². The molecule has 34 heavy (non-hydrogen) atoms. The highest BCUT2D eigenvalue weighted by atomic mass is 127. The van der Waals surface area contributed by atoms with E-state index in [2.05, 4.69) is 50.2 Å². The molecule has 3 aromatic carbocycles. The maximum Gasteiger partial charge on any atom is 0.363 e. The molecule has 1 aliphatic heterocycles. The quantitative estimate of drug-likeness (QED) is 0.0858. The van der Waals surface area contributed by atoms with E-state index in [4.69, 9.17) is 9.47 Å². The smallest absolute Gasteiger partial charge is 0.363 e. The number of hydrogen-bond acceptors (Lipinski definition) is 7. The first kappa shape index (κ1) is 24.0. The summed E-state index contributed by atoms with van der Waals surface area (Å²) >= 11 is 4.11. The van der Waals surface area contributed by atoms with Crippen molar-refractivity contribution in [2.75, 3.05) is 0 Å². The highest BCUT2D eigenvalue weighted by Crippen LogP contribution is 2.32. The van der Waals surface area contributed by atoms with Gasteiger partial charge in [-0.15, -0.1) is 0 Å². The summed E-state index contributed by atoms with van der Waals surface area (Å²) in [6, 6.07) is 16.7. The molecule has 0 saturated heterocycles. The third-order valence-corrected chi connectivity index (χ3v) is 6.48. The average Bonchev–Trinajstić information content (AvgIpc) is 3.16. The van der Waals surface area contributed by atoms with E-state index in [1.807, 2.05) is 6.07 Å². The van der Waals surface area contributed by atoms with Crippen LogP contribution in [0.3, 0.4) is 0 Å². The van der Waals surface area contributed by atoms with Crippen molar-refractivity contribution in [1.82, 2.24) is 0 Å². The van der Waals surface area contributed by atoms with Gasteiger partial charge in [0, 0.05) is 17.2 Å². The van der Waals surface area contributed by atoms with Crippen LogP contribution in [0, 0.1) is 24.2 Å². The predicted octanol–water partition coefficient (Wildman–Crippen LogP) is 5.68. The van der Waals surface area contributed by atoms with Crippen molar-refractivity contribution in [2.24, 2.45) is 4.99 Å². The van der Waals surface area contributed by atoms with Crippen LogP contribution in [0.5, 0.6) is 5.75 Å². The Morgan fingerprint density at radius 3 is 2.41 bits per heavy atom. The number of cyclic esters (lactones) is 1. The average molecular weight is 680 g/mol. The van der Waals surface area contributed by atoms with Crippen LogP contribution in [0.15, 0.2) is 71.4 Å². The minimum atomic E-state index is -0.662. The maximum absolute atomic E-state index is 12.4. The minimum Gasteiger partial charge on any atom is -0.421 e. The van der Waals surface area contributed by atoms with E-state index in [9.17, 15) is 19.7 Å². The Kier molecular flexibility index (Phi) is 7.07. The van der Waals surface area contributed by atoms with Crippen LogP contribution in [0.1, 0.15) is 27.0 Å². The van der Waals surface area contributed by atoms with Crippen molar-refractivity contribution in [2.45, 2.75) is 6.92 Å². The number of ether oxygens (including phenoxy) is 2. The van der Waals surface area contributed by atoms with E-state index in [1.165, 1.54) is 12.1 Å².